The lowest BCUT2D eigenvalue weighted by Gasteiger charge is -2.14. The van der Waals surface area contributed by atoms with Crippen LogP contribution in [0.4, 0.5) is 10.1 Å². The van der Waals surface area contributed by atoms with E-state index in [-0.39, 0.29) is 17.5 Å². The molecule has 9 heteroatoms. The molecular weight excluding hydrogens is 399 g/mol. The highest BCUT2D eigenvalue weighted by Gasteiger charge is 2.24. The Hall–Kier alpha value is -3.33. The minimum Gasteiger partial charge on any atom is -0.493 e. The molecule has 0 spiro atoms. The summed E-state index contributed by atoms with van der Waals surface area (Å²) in [5.41, 5.74) is 1.18. The van der Waals surface area contributed by atoms with Crippen LogP contribution in [0.3, 0.4) is 0 Å². The lowest BCUT2D eigenvalue weighted by molar-refractivity contribution is -0.144. The molecule has 1 unspecified atom stereocenters. The number of hydrogen-bond acceptors (Lipinski definition) is 6. The number of carbonyl (C=O) groups is 2. The van der Waals surface area contributed by atoms with Crippen LogP contribution in [-0.4, -0.2) is 35.4 Å². The zero-order valence-corrected chi connectivity index (χ0v) is 16.3. The van der Waals surface area contributed by atoms with E-state index >= 15 is 0 Å². The SMILES string of the molecule is COc1cc(/C=C2/SC(=Nc3ccc(F)cc3)NC2=O)ccc1OC(C)C(=O)O. The van der Waals surface area contributed by atoms with Gasteiger partial charge in [-0.3, -0.25) is 4.79 Å². The first-order chi connectivity index (χ1) is 13.9. The molecule has 29 heavy (non-hydrogen) atoms. The van der Waals surface area contributed by atoms with Crippen molar-refractivity contribution in [3.8, 4) is 11.5 Å². The van der Waals surface area contributed by atoms with Crippen LogP contribution in [0.15, 0.2) is 52.4 Å². The Morgan fingerprint density at radius 2 is 1.97 bits per heavy atom. The van der Waals surface area contributed by atoms with E-state index in [1.165, 1.54) is 38.3 Å². The fourth-order valence-corrected chi connectivity index (χ4v) is 3.22. The Kier molecular flexibility index (Phi) is 6.18. The number of methoxy groups -OCH3 is 1. The van der Waals surface area contributed by atoms with Crippen molar-refractivity contribution in [2.75, 3.05) is 7.11 Å². The molecule has 0 saturated carbocycles. The first kappa shape index (κ1) is 20.4. The second-order valence-electron chi connectivity index (χ2n) is 5.97. The van der Waals surface area contributed by atoms with Gasteiger partial charge in [0.2, 0.25) is 0 Å². The highest BCUT2D eigenvalue weighted by atomic mass is 32.2. The summed E-state index contributed by atoms with van der Waals surface area (Å²) in [7, 11) is 1.44. The maximum Gasteiger partial charge on any atom is 0.344 e. The van der Waals surface area contributed by atoms with Gasteiger partial charge in [0.1, 0.15) is 5.82 Å². The van der Waals surface area contributed by atoms with Crippen LogP contribution in [-0.2, 0) is 9.59 Å². The topological polar surface area (TPSA) is 97.2 Å². The molecule has 3 rings (SSSR count). The second kappa shape index (κ2) is 8.78. The molecule has 1 aliphatic rings. The average molecular weight is 416 g/mol. The maximum absolute atomic E-state index is 13.0. The summed E-state index contributed by atoms with van der Waals surface area (Å²) in [4.78, 5) is 27.9. The molecule has 1 aliphatic heterocycles. The van der Waals surface area contributed by atoms with E-state index in [1.807, 2.05) is 0 Å². The first-order valence-electron chi connectivity index (χ1n) is 8.48. The molecule has 0 aromatic heterocycles. The molecule has 2 N–H and O–H groups in total. The number of rotatable bonds is 6. The second-order valence-corrected chi connectivity index (χ2v) is 7.00. The monoisotopic (exact) mass is 416 g/mol. The summed E-state index contributed by atoms with van der Waals surface area (Å²) in [6.45, 7) is 1.42. The Bertz CT molecular complexity index is 1000. The van der Waals surface area contributed by atoms with Crippen LogP contribution in [0.2, 0.25) is 0 Å². The van der Waals surface area contributed by atoms with E-state index in [1.54, 1.807) is 24.3 Å². The first-order valence-corrected chi connectivity index (χ1v) is 9.30. The summed E-state index contributed by atoms with van der Waals surface area (Å²) < 4.78 is 23.6. The van der Waals surface area contributed by atoms with Crippen molar-refractivity contribution in [3.63, 3.8) is 0 Å². The van der Waals surface area contributed by atoms with Crippen LogP contribution in [0, 0.1) is 5.82 Å². The summed E-state index contributed by atoms with van der Waals surface area (Å²) in [5.74, 6) is -1.14. The molecule has 0 radical (unpaired) electrons. The van der Waals surface area contributed by atoms with Gasteiger partial charge in [0.25, 0.3) is 5.91 Å². The summed E-state index contributed by atoms with van der Waals surface area (Å²) >= 11 is 1.15. The maximum atomic E-state index is 13.0. The van der Waals surface area contributed by atoms with Crippen molar-refractivity contribution in [2.45, 2.75) is 13.0 Å². The van der Waals surface area contributed by atoms with Crippen molar-refractivity contribution >= 4 is 40.6 Å². The van der Waals surface area contributed by atoms with E-state index in [2.05, 4.69) is 10.3 Å². The third kappa shape index (κ3) is 5.14. The normalized spacial score (nSPS) is 17.3. The fourth-order valence-electron chi connectivity index (χ4n) is 2.38. The van der Waals surface area contributed by atoms with E-state index in [4.69, 9.17) is 14.6 Å². The number of nitrogens with one attached hydrogen (secondary N) is 1. The molecular formula is C20H17FN2O5S. The molecule has 1 saturated heterocycles. The molecule has 7 nitrogen and oxygen atoms in total. The largest absolute Gasteiger partial charge is 0.493 e. The summed E-state index contributed by atoms with van der Waals surface area (Å²) in [6, 6.07) is 10.5. The van der Waals surface area contributed by atoms with Gasteiger partial charge >= 0.3 is 5.97 Å². The Balaban J connectivity index is 1.79. The smallest absolute Gasteiger partial charge is 0.344 e. The van der Waals surface area contributed by atoms with Gasteiger partial charge in [-0.05, 0) is 66.7 Å². The molecule has 2 aromatic rings. The van der Waals surface area contributed by atoms with Gasteiger partial charge in [0.05, 0.1) is 17.7 Å². The minimum atomic E-state index is -1.09. The lowest BCUT2D eigenvalue weighted by atomic mass is 10.2. The number of thioether (sulfide) groups is 1. The van der Waals surface area contributed by atoms with Crippen molar-refractivity contribution in [2.24, 2.45) is 4.99 Å². The van der Waals surface area contributed by atoms with Crippen LogP contribution in [0.25, 0.3) is 6.08 Å². The van der Waals surface area contributed by atoms with Crippen LogP contribution >= 0.6 is 11.8 Å². The van der Waals surface area contributed by atoms with Crippen molar-refractivity contribution in [1.82, 2.24) is 5.32 Å². The molecule has 1 atom stereocenters. The third-order valence-corrected chi connectivity index (χ3v) is 4.75. The van der Waals surface area contributed by atoms with Crippen LogP contribution in [0.5, 0.6) is 11.5 Å². The standard InChI is InChI=1S/C20H17FN2O5S/c1-11(19(25)26)28-15-8-3-12(9-16(15)27-2)10-17-18(24)23-20(29-17)22-14-6-4-13(21)5-7-14/h3-11H,1-2H3,(H,25,26)(H,22,23,24)/b17-10+. The number of benzene rings is 2. The zero-order valence-electron chi connectivity index (χ0n) is 15.5. The number of carbonyl (C=O) groups excluding carboxylic acids is 1. The molecule has 0 aliphatic carbocycles. The molecule has 0 bridgehead atoms. The number of carboxylic acids is 1. The lowest BCUT2D eigenvalue weighted by Crippen LogP contribution is -2.23. The summed E-state index contributed by atoms with van der Waals surface area (Å²) in [6.07, 6.45) is 0.620. The Morgan fingerprint density at radius 1 is 1.24 bits per heavy atom. The molecule has 150 valence electrons. The molecule has 1 amide bonds. The fraction of sp³-hybridized carbons (Fsp3) is 0.150. The quantitative estimate of drug-likeness (QED) is 0.699. The van der Waals surface area contributed by atoms with Crippen molar-refractivity contribution in [1.29, 1.82) is 0 Å². The predicted octanol–water partition coefficient (Wildman–Crippen LogP) is 3.58. The van der Waals surface area contributed by atoms with Gasteiger partial charge in [0.15, 0.2) is 22.8 Å². The average Bonchev–Trinajstić information content (AvgIpc) is 3.03. The molecule has 2 aromatic carbocycles. The van der Waals surface area contributed by atoms with Gasteiger partial charge in [-0.15, -0.1) is 0 Å². The number of amides is 1. The minimum absolute atomic E-state index is 0.284. The highest BCUT2D eigenvalue weighted by molar-refractivity contribution is 8.18. The number of carboxylic acid groups (broad SMARTS) is 1. The number of aliphatic carboxylic acids is 1. The van der Waals surface area contributed by atoms with Crippen LogP contribution in [0.1, 0.15) is 12.5 Å². The van der Waals surface area contributed by atoms with Crippen LogP contribution < -0.4 is 14.8 Å². The van der Waals surface area contributed by atoms with Gasteiger partial charge in [-0.1, -0.05) is 6.07 Å². The van der Waals surface area contributed by atoms with Gasteiger partial charge in [-0.2, -0.15) is 0 Å². The third-order valence-electron chi connectivity index (χ3n) is 3.85. The van der Waals surface area contributed by atoms with Crippen molar-refractivity contribution in [3.05, 3.63) is 58.8 Å². The van der Waals surface area contributed by atoms with Gasteiger partial charge in [-0.25, -0.2) is 14.2 Å². The molecule has 1 fully saturated rings. The Labute approximate surface area is 170 Å². The Morgan fingerprint density at radius 3 is 2.62 bits per heavy atom. The summed E-state index contributed by atoms with van der Waals surface area (Å²) in [5, 5.41) is 12.0. The predicted molar refractivity (Wildman–Crippen MR) is 108 cm³/mol. The number of ether oxygens (including phenoxy) is 2. The number of nitrogens with zero attached hydrogens (tertiary/aromatic N) is 1. The van der Waals surface area contributed by atoms with E-state index in [9.17, 15) is 14.0 Å². The number of amidine groups is 1. The number of aliphatic imine (C=N–C) groups is 1. The number of hydrogen-bond donors (Lipinski definition) is 2. The van der Waals surface area contributed by atoms with Gasteiger partial charge in [0, 0.05) is 0 Å². The van der Waals surface area contributed by atoms with E-state index in [0.29, 0.717) is 27.1 Å². The molecule has 1 heterocycles. The zero-order chi connectivity index (χ0) is 21.0. The van der Waals surface area contributed by atoms with Gasteiger partial charge < -0.3 is 19.9 Å². The highest BCUT2D eigenvalue weighted by Crippen LogP contribution is 2.32. The van der Waals surface area contributed by atoms with E-state index < -0.39 is 12.1 Å². The van der Waals surface area contributed by atoms with Crippen molar-refractivity contribution < 1.29 is 28.6 Å². The van der Waals surface area contributed by atoms with E-state index in [0.717, 1.165) is 11.8 Å². The number of halogens is 1.